The third kappa shape index (κ3) is 4.27. The van der Waals surface area contributed by atoms with Gasteiger partial charge >= 0.3 is 0 Å². The van der Waals surface area contributed by atoms with E-state index in [1.807, 2.05) is 38.1 Å². The average Bonchev–Trinajstić information content (AvgIpc) is 2.42. The molecule has 0 aliphatic rings. The molecular formula is C16H19N3O2. The molecule has 5 nitrogen and oxygen atoms in total. The lowest BCUT2D eigenvalue weighted by Crippen LogP contribution is -2.27. The lowest BCUT2D eigenvalue weighted by atomic mass is 10.2. The van der Waals surface area contributed by atoms with Gasteiger partial charge in [-0.05, 0) is 31.0 Å². The molecule has 21 heavy (non-hydrogen) atoms. The summed E-state index contributed by atoms with van der Waals surface area (Å²) in [7, 11) is 0. The highest BCUT2D eigenvalue weighted by molar-refractivity contribution is 5.90. The Bertz CT molecular complexity index is 692. The van der Waals surface area contributed by atoms with Gasteiger partial charge in [0.2, 0.25) is 5.91 Å². The first-order valence-electron chi connectivity index (χ1n) is 7.00. The van der Waals surface area contributed by atoms with E-state index in [4.69, 9.17) is 0 Å². The molecule has 0 fully saturated rings. The van der Waals surface area contributed by atoms with E-state index in [0.29, 0.717) is 0 Å². The Balaban J connectivity index is 2.04. The highest BCUT2D eigenvalue weighted by atomic mass is 16.2. The summed E-state index contributed by atoms with van der Waals surface area (Å²) in [6.07, 6.45) is 3.14. The first kappa shape index (κ1) is 15.0. The molecule has 1 N–H and O–H groups in total. The number of rotatable bonds is 5. The molecule has 0 aliphatic carbocycles. The van der Waals surface area contributed by atoms with E-state index >= 15 is 0 Å². The third-order valence-corrected chi connectivity index (χ3v) is 3.06. The molecule has 0 atom stereocenters. The van der Waals surface area contributed by atoms with Crippen molar-refractivity contribution in [3.05, 3.63) is 58.3 Å². The molecule has 0 unspecified atom stereocenters. The molecule has 0 saturated heterocycles. The van der Waals surface area contributed by atoms with Crippen LogP contribution in [0.2, 0.25) is 0 Å². The van der Waals surface area contributed by atoms with Crippen LogP contribution in [0.1, 0.15) is 24.6 Å². The van der Waals surface area contributed by atoms with Gasteiger partial charge in [-0.1, -0.05) is 25.5 Å². The van der Waals surface area contributed by atoms with Crippen molar-refractivity contribution in [2.75, 3.05) is 5.32 Å². The monoisotopic (exact) mass is 285 g/mol. The maximum Gasteiger partial charge on any atom is 0.253 e. The molecule has 1 amide bonds. The molecular weight excluding hydrogens is 266 g/mol. The van der Waals surface area contributed by atoms with Crippen molar-refractivity contribution in [1.29, 1.82) is 0 Å². The van der Waals surface area contributed by atoms with Crippen LogP contribution in [0.25, 0.3) is 0 Å². The zero-order valence-corrected chi connectivity index (χ0v) is 12.3. The van der Waals surface area contributed by atoms with Gasteiger partial charge in [-0.2, -0.15) is 0 Å². The van der Waals surface area contributed by atoms with Crippen molar-refractivity contribution in [3.63, 3.8) is 0 Å². The Morgan fingerprint density at radius 1 is 1.33 bits per heavy atom. The number of amides is 1. The van der Waals surface area contributed by atoms with Crippen LogP contribution in [-0.4, -0.2) is 15.5 Å². The van der Waals surface area contributed by atoms with E-state index in [1.54, 1.807) is 0 Å². The van der Waals surface area contributed by atoms with Gasteiger partial charge in [0.05, 0.1) is 6.33 Å². The topological polar surface area (TPSA) is 64.0 Å². The number of aryl methyl sites for hydroxylation is 2. The van der Waals surface area contributed by atoms with E-state index in [2.05, 4.69) is 10.3 Å². The fourth-order valence-corrected chi connectivity index (χ4v) is 2.05. The third-order valence-electron chi connectivity index (χ3n) is 3.06. The first-order valence-corrected chi connectivity index (χ1v) is 7.00. The summed E-state index contributed by atoms with van der Waals surface area (Å²) in [4.78, 5) is 28.0. The van der Waals surface area contributed by atoms with Crippen molar-refractivity contribution >= 4 is 11.6 Å². The van der Waals surface area contributed by atoms with Gasteiger partial charge in [0.25, 0.3) is 5.56 Å². The van der Waals surface area contributed by atoms with Crippen LogP contribution in [0.15, 0.2) is 41.5 Å². The summed E-state index contributed by atoms with van der Waals surface area (Å²) in [5.41, 5.74) is 2.35. The molecule has 0 spiro atoms. The van der Waals surface area contributed by atoms with Crippen molar-refractivity contribution in [2.45, 2.75) is 33.2 Å². The molecule has 2 aromatic rings. The highest BCUT2D eigenvalue weighted by Gasteiger charge is 2.06. The molecule has 0 saturated carbocycles. The molecule has 0 aliphatic heterocycles. The second kappa shape index (κ2) is 6.83. The van der Waals surface area contributed by atoms with Gasteiger partial charge in [0, 0.05) is 17.4 Å². The predicted octanol–water partition coefficient (Wildman–Crippen LogP) is 2.14. The zero-order valence-electron chi connectivity index (χ0n) is 12.3. The first-order chi connectivity index (χ1) is 10.1. The minimum atomic E-state index is -0.243. The van der Waals surface area contributed by atoms with Crippen LogP contribution < -0.4 is 10.9 Å². The molecule has 2 rings (SSSR count). The number of anilines is 1. The van der Waals surface area contributed by atoms with Gasteiger partial charge in [-0.25, -0.2) is 4.98 Å². The van der Waals surface area contributed by atoms with Crippen LogP contribution in [0.3, 0.4) is 0 Å². The maximum absolute atomic E-state index is 12.0. The summed E-state index contributed by atoms with van der Waals surface area (Å²) in [5, 5.41) is 2.77. The van der Waals surface area contributed by atoms with Crippen molar-refractivity contribution in [3.8, 4) is 0 Å². The molecule has 0 bridgehead atoms. The van der Waals surface area contributed by atoms with Gasteiger partial charge < -0.3 is 5.32 Å². The lowest BCUT2D eigenvalue weighted by molar-refractivity contribution is -0.116. The quantitative estimate of drug-likeness (QED) is 0.915. The van der Waals surface area contributed by atoms with E-state index in [1.165, 1.54) is 17.0 Å². The number of nitrogens with one attached hydrogen (secondary N) is 1. The van der Waals surface area contributed by atoms with Gasteiger partial charge in [0.15, 0.2) is 0 Å². The normalized spacial score (nSPS) is 10.4. The smallest absolute Gasteiger partial charge is 0.253 e. The van der Waals surface area contributed by atoms with E-state index in [-0.39, 0.29) is 18.0 Å². The minimum Gasteiger partial charge on any atom is -0.325 e. The number of benzene rings is 1. The van der Waals surface area contributed by atoms with Crippen LogP contribution in [0.4, 0.5) is 5.69 Å². The predicted molar refractivity (Wildman–Crippen MR) is 82.3 cm³/mol. The van der Waals surface area contributed by atoms with E-state index in [0.717, 1.165) is 29.8 Å². The Morgan fingerprint density at radius 3 is 2.81 bits per heavy atom. The summed E-state index contributed by atoms with van der Waals surface area (Å²) in [6, 6.07) is 9.01. The number of aromatic nitrogens is 2. The Morgan fingerprint density at radius 2 is 2.14 bits per heavy atom. The molecule has 1 aromatic carbocycles. The molecule has 0 radical (unpaired) electrons. The summed E-state index contributed by atoms with van der Waals surface area (Å²) in [5.74, 6) is -0.243. The second-order valence-electron chi connectivity index (χ2n) is 5.01. The van der Waals surface area contributed by atoms with Crippen molar-refractivity contribution in [2.24, 2.45) is 0 Å². The highest BCUT2D eigenvalue weighted by Crippen LogP contribution is 2.09. The van der Waals surface area contributed by atoms with Crippen molar-refractivity contribution < 1.29 is 4.79 Å². The van der Waals surface area contributed by atoms with Crippen LogP contribution in [0, 0.1) is 6.92 Å². The summed E-state index contributed by atoms with van der Waals surface area (Å²) < 4.78 is 1.31. The molecule has 110 valence electrons. The Labute approximate surface area is 123 Å². The fourth-order valence-electron chi connectivity index (χ4n) is 2.05. The number of carbonyl (C=O) groups excluding carboxylic acids is 1. The van der Waals surface area contributed by atoms with E-state index in [9.17, 15) is 9.59 Å². The van der Waals surface area contributed by atoms with Crippen LogP contribution in [0.5, 0.6) is 0 Å². The average molecular weight is 285 g/mol. The molecule has 1 aromatic heterocycles. The summed E-state index contributed by atoms with van der Waals surface area (Å²) >= 11 is 0. The lowest BCUT2D eigenvalue weighted by Gasteiger charge is -2.08. The minimum absolute atomic E-state index is 0.0355. The van der Waals surface area contributed by atoms with Crippen LogP contribution >= 0.6 is 0 Å². The molecule has 5 heteroatoms. The molecule has 1 heterocycles. The number of carbonyl (C=O) groups is 1. The van der Waals surface area contributed by atoms with Gasteiger partial charge in [-0.15, -0.1) is 0 Å². The second-order valence-corrected chi connectivity index (χ2v) is 5.01. The van der Waals surface area contributed by atoms with Crippen LogP contribution in [-0.2, 0) is 17.8 Å². The number of hydrogen-bond acceptors (Lipinski definition) is 3. The Hall–Kier alpha value is -2.43. The number of hydrogen-bond donors (Lipinski definition) is 1. The standard InChI is InChI=1S/C16H19N3O2/c1-3-5-13-9-16(21)19(11-17-13)10-15(20)18-14-7-4-6-12(2)8-14/h4,6-9,11H,3,5,10H2,1-2H3,(H,18,20). The maximum atomic E-state index is 12.0. The zero-order chi connectivity index (χ0) is 15.2. The SMILES string of the molecule is CCCc1cc(=O)n(CC(=O)Nc2cccc(C)c2)cn1. The summed E-state index contributed by atoms with van der Waals surface area (Å²) in [6.45, 7) is 3.95. The van der Waals surface area contributed by atoms with E-state index < -0.39 is 0 Å². The van der Waals surface area contributed by atoms with Gasteiger partial charge in [-0.3, -0.25) is 14.2 Å². The van der Waals surface area contributed by atoms with Crippen molar-refractivity contribution in [1.82, 2.24) is 9.55 Å². The number of nitrogens with zero attached hydrogens (tertiary/aromatic N) is 2. The Kier molecular flexibility index (Phi) is 4.87. The van der Waals surface area contributed by atoms with Gasteiger partial charge in [0.1, 0.15) is 6.54 Å². The largest absolute Gasteiger partial charge is 0.325 e. The fraction of sp³-hybridized carbons (Fsp3) is 0.312.